The van der Waals surface area contributed by atoms with Crippen molar-refractivity contribution in [3.8, 4) is 111 Å². The lowest BCUT2D eigenvalue weighted by Gasteiger charge is -2.22. The number of fused-ring (bicyclic) bond motifs is 11. The van der Waals surface area contributed by atoms with Crippen LogP contribution in [0.2, 0.25) is 0 Å². The van der Waals surface area contributed by atoms with Gasteiger partial charge in [-0.1, -0.05) is 261 Å². The molecule has 0 radical (unpaired) electrons. The number of rotatable bonds is 6. The van der Waals surface area contributed by atoms with Crippen LogP contribution in [0.3, 0.4) is 0 Å². The van der Waals surface area contributed by atoms with Crippen molar-refractivity contribution < 1.29 is 0 Å². The van der Waals surface area contributed by atoms with E-state index in [-0.39, 0.29) is 0 Å². The van der Waals surface area contributed by atoms with Crippen LogP contribution in [0.4, 0.5) is 0 Å². The van der Waals surface area contributed by atoms with Crippen LogP contribution < -0.4 is 0 Å². The molecule has 0 aromatic heterocycles. The highest BCUT2D eigenvalue weighted by Crippen LogP contribution is 2.62. The molecule has 17 rings (SSSR count). The van der Waals surface area contributed by atoms with E-state index in [0.717, 1.165) is 0 Å². The zero-order valence-corrected chi connectivity index (χ0v) is 42.3. The molecular formula is C77H46. The maximum Gasteiger partial charge on any atom is -0.000718 e. The van der Waals surface area contributed by atoms with Crippen LogP contribution in [0.25, 0.3) is 176 Å². The molecule has 0 amide bonds. The van der Waals surface area contributed by atoms with E-state index in [1.807, 2.05) is 0 Å². The van der Waals surface area contributed by atoms with Crippen molar-refractivity contribution in [3.63, 3.8) is 0 Å². The highest BCUT2D eigenvalue weighted by molar-refractivity contribution is 6.42. The van der Waals surface area contributed by atoms with Gasteiger partial charge in [-0.05, 0) is 188 Å². The molecule has 0 aliphatic heterocycles. The van der Waals surface area contributed by atoms with Crippen LogP contribution in [0.15, 0.2) is 261 Å². The third-order valence-electron chi connectivity index (χ3n) is 17.5. The second kappa shape index (κ2) is 16.1. The molecule has 0 fully saturated rings. The van der Waals surface area contributed by atoms with Crippen LogP contribution in [-0.2, 0) is 0 Å². The van der Waals surface area contributed by atoms with E-state index in [9.17, 15) is 0 Å². The Morgan fingerprint density at radius 3 is 1.10 bits per heavy atom. The van der Waals surface area contributed by atoms with Gasteiger partial charge < -0.3 is 0 Å². The lowest BCUT2D eigenvalue weighted by atomic mass is 9.80. The third-order valence-corrected chi connectivity index (χ3v) is 17.5. The van der Waals surface area contributed by atoms with E-state index in [2.05, 4.69) is 268 Å². The molecule has 0 saturated carbocycles. The van der Waals surface area contributed by atoms with E-state index in [1.54, 1.807) is 0 Å². The number of benzene rings is 15. The van der Waals surface area contributed by atoms with Gasteiger partial charge in [0, 0.05) is 0 Å². The van der Waals surface area contributed by atoms with Crippen molar-refractivity contribution in [2.45, 2.75) is 6.92 Å². The first-order valence-electron chi connectivity index (χ1n) is 27.0. The van der Waals surface area contributed by atoms with Crippen molar-refractivity contribution in [3.05, 3.63) is 266 Å². The van der Waals surface area contributed by atoms with Gasteiger partial charge >= 0.3 is 0 Å². The van der Waals surface area contributed by atoms with Gasteiger partial charge in [-0.3, -0.25) is 0 Å². The molecule has 0 bridgehead atoms. The topological polar surface area (TPSA) is 0 Å². The van der Waals surface area contributed by atoms with Crippen LogP contribution >= 0.6 is 0 Å². The SMILES string of the molecule is Cc1ccccc1-c1cccc2c1ccc1c(-c3ccccc3)c3c(c(-c4ccccc4)c12)-c1ccc2c4ccc5c6c(ccc(c7ccc-3c1c72)c64)-c1c(-c2ccccc2)ccc(-c2ccccc2-c2ccccc2)c1-5. The minimum atomic E-state index is 1.22. The first-order chi connectivity index (χ1) is 38.2. The van der Waals surface area contributed by atoms with Crippen molar-refractivity contribution in [2.75, 3.05) is 0 Å². The van der Waals surface area contributed by atoms with Crippen LogP contribution in [0.5, 0.6) is 0 Å². The minimum absolute atomic E-state index is 1.22. The third kappa shape index (κ3) is 5.82. The highest BCUT2D eigenvalue weighted by atomic mass is 14.4. The molecule has 354 valence electrons. The fraction of sp³-hybridized carbons (Fsp3) is 0.0130. The summed E-state index contributed by atoms with van der Waals surface area (Å²) in [7, 11) is 0. The van der Waals surface area contributed by atoms with Gasteiger partial charge in [-0.25, -0.2) is 0 Å². The quantitative estimate of drug-likeness (QED) is 0.115. The summed E-state index contributed by atoms with van der Waals surface area (Å²) in [6.07, 6.45) is 0. The van der Waals surface area contributed by atoms with Crippen molar-refractivity contribution in [1.82, 2.24) is 0 Å². The molecular weight excluding hydrogens is 925 g/mol. The van der Waals surface area contributed by atoms with Crippen molar-refractivity contribution in [1.29, 1.82) is 0 Å². The predicted molar refractivity (Wildman–Crippen MR) is 329 cm³/mol. The molecule has 2 aliphatic carbocycles. The Hall–Kier alpha value is -9.88. The van der Waals surface area contributed by atoms with Crippen molar-refractivity contribution >= 4 is 64.6 Å². The molecule has 0 N–H and O–H groups in total. The Morgan fingerprint density at radius 2 is 0.532 bits per heavy atom. The summed E-state index contributed by atoms with van der Waals surface area (Å²) in [5.74, 6) is 0. The Balaban J connectivity index is 0.975. The second-order valence-electron chi connectivity index (χ2n) is 21.3. The van der Waals surface area contributed by atoms with Crippen molar-refractivity contribution in [2.24, 2.45) is 0 Å². The normalized spacial score (nSPS) is 12.2. The molecule has 15 aromatic rings. The summed E-state index contributed by atoms with van der Waals surface area (Å²) in [4.78, 5) is 0. The average Bonchev–Trinajstić information content (AvgIpc) is 4.26. The summed E-state index contributed by atoms with van der Waals surface area (Å²) in [5.41, 5.74) is 26.8. The van der Waals surface area contributed by atoms with Gasteiger partial charge in [0.15, 0.2) is 0 Å². The Labute approximate surface area is 446 Å². The summed E-state index contributed by atoms with van der Waals surface area (Å²) in [5, 5.41) is 15.7. The second-order valence-corrected chi connectivity index (χ2v) is 21.3. The molecule has 0 heteroatoms. The summed E-state index contributed by atoms with van der Waals surface area (Å²) >= 11 is 0. The predicted octanol–water partition coefficient (Wildman–Crippen LogP) is 21.6. The molecule has 2 aliphatic rings. The first kappa shape index (κ1) is 42.5. The van der Waals surface area contributed by atoms with E-state index in [1.165, 1.54) is 181 Å². The Kier molecular flexibility index (Phi) is 8.86. The first-order valence-corrected chi connectivity index (χ1v) is 27.0. The average molecular weight is 971 g/mol. The number of hydrogen-bond acceptors (Lipinski definition) is 0. The van der Waals surface area contributed by atoms with Gasteiger partial charge in [0.1, 0.15) is 0 Å². The number of hydrogen-bond donors (Lipinski definition) is 0. The van der Waals surface area contributed by atoms with E-state index in [4.69, 9.17) is 0 Å². The fourth-order valence-corrected chi connectivity index (χ4v) is 14.3. The van der Waals surface area contributed by atoms with Gasteiger partial charge in [0.2, 0.25) is 0 Å². The Bertz CT molecular complexity index is 4970. The molecule has 0 heterocycles. The maximum absolute atomic E-state index is 2.48. The maximum atomic E-state index is 2.48. The van der Waals surface area contributed by atoms with E-state index >= 15 is 0 Å². The zero-order valence-electron chi connectivity index (χ0n) is 42.3. The molecule has 77 heavy (non-hydrogen) atoms. The standard InChI is InChI=1S/C77H46/c1-45-19-14-15-28-50(45)53-31-18-32-56-55(53)34-40-62-67(48-24-10-4-11-25-48)76-65-43-38-60-58-36-41-63-69-52(47-22-8-3-9-23-47)33-35-57(54-30-17-16-29-51(54)46-20-6-2-7-21-46)73(69)64-42-37-59(70(58)74(63)64)61-39-44-66(75(65)71(60)61)77(76)68(72(56)62)49-26-12-5-13-27-49/h2-44H,1H3. The van der Waals surface area contributed by atoms with Crippen LogP contribution in [-0.4, -0.2) is 0 Å². The van der Waals surface area contributed by atoms with Gasteiger partial charge in [-0.2, -0.15) is 0 Å². The Morgan fingerprint density at radius 1 is 0.156 bits per heavy atom. The summed E-state index contributed by atoms with van der Waals surface area (Å²) in [6, 6.07) is 98.2. The van der Waals surface area contributed by atoms with E-state index in [0.29, 0.717) is 0 Å². The van der Waals surface area contributed by atoms with E-state index < -0.39 is 0 Å². The lowest BCUT2D eigenvalue weighted by Crippen LogP contribution is -1.95. The molecule has 15 aromatic carbocycles. The zero-order chi connectivity index (χ0) is 50.5. The largest absolute Gasteiger partial charge is 0.0622 e. The summed E-state index contributed by atoms with van der Waals surface area (Å²) < 4.78 is 0. The fourth-order valence-electron chi connectivity index (χ4n) is 14.3. The van der Waals surface area contributed by atoms with Gasteiger partial charge in [0.25, 0.3) is 0 Å². The molecule has 0 unspecified atom stereocenters. The van der Waals surface area contributed by atoms with Crippen LogP contribution in [0.1, 0.15) is 5.56 Å². The minimum Gasteiger partial charge on any atom is -0.0622 e. The summed E-state index contributed by atoms with van der Waals surface area (Å²) in [6.45, 7) is 2.23. The molecule has 0 spiro atoms. The van der Waals surface area contributed by atoms with Gasteiger partial charge in [0.05, 0.1) is 0 Å². The lowest BCUT2D eigenvalue weighted by molar-refractivity contribution is 1.47. The highest BCUT2D eigenvalue weighted by Gasteiger charge is 2.35. The van der Waals surface area contributed by atoms with Crippen LogP contribution in [0, 0.1) is 6.92 Å². The molecule has 0 atom stereocenters. The smallest absolute Gasteiger partial charge is 0.000718 e. The molecule has 0 saturated heterocycles. The molecule has 0 nitrogen and oxygen atoms in total. The monoisotopic (exact) mass is 970 g/mol. The van der Waals surface area contributed by atoms with Gasteiger partial charge in [-0.15, -0.1) is 0 Å². The number of aryl methyl sites for hydroxylation is 1.